The maximum Gasteiger partial charge on any atom is 0.216 e. The Morgan fingerprint density at radius 1 is 1.35 bits per heavy atom. The minimum atomic E-state index is -3.23. The van der Waals surface area contributed by atoms with E-state index < -0.39 is 10.0 Å². The Balaban J connectivity index is 1.98. The number of hydrogen-bond donors (Lipinski definition) is 1. The number of piperazine rings is 1. The molecule has 2 aliphatic rings. The highest BCUT2D eigenvalue weighted by Crippen LogP contribution is 2.19. The fraction of sp³-hybridized carbons (Fsp3) is 1.00. The molecule has 1 unspecified atom stereocenters. The number of nitrogens with zero attached hydrogens (tertiary/aromatic N) is 2. The van der Waals surface area contributed by atoms with Crippen molar-refractivity contribution in [1.82, 2.24) is 14.5 Å². The van der Waals surface area contributed by atoms with Crippen molar-refractivity contribution in [3.63, 3.8) is 0 Å². The Bertz CT molecular complexity index is 407. The van der Waals surface area contributed by atoms with Gasteiger partial charge >= 0.3 is 0 Å². The summed E-state index contributed by atoms with van der Waals surface area (Å²) < 4.78 is 32.2. The number of ether oxygens (including phenoxy) is 1. The summed E-state index contributed by atoms with van der Waals surface area (Å²) in [5.74, 6) is 0.541. The number of likely N-dealkylation sites (N-methyl/N-ethyl adjacent to an activating group) is 1. The molecule has 0 saturated carbocycles. The van der Waals surface area contributed by atoms with E-state index >= 15 is 0 Å². The normalized spacial score (nSPS) is 30.8. The van der Waals surface area contributed by atoms with E-state index in [0.29, 0.717) is 38.2 Å². The largest absolute Gasteiger partial charge is 0.374 e. The summed E-state index contributed by atoms with van der Waals surface area (Å²) in [6.07, 6.45) is -0.217. The summed E-state index contributed by atoms with van der Waals surface area (Å²) in [5.41, 5.74) is 0. The molecule has 20 heavy (non-hydrogen) atoms. The predicted molar refractivity (Wildman–Crippen MR) is 79.2 cm³/mol. The molecule has 0 aromatic rings. The summed E-state index contributed by atoms with van der Waals surface area (Å²) in [7, 11) is -1.16. The zero-order valence-corrected chi connectivity index (χ0v) is 13.5. The van der Waals surface area contributed by atoms with Gasteiger partial charge in [0, 0.05) is 38.8 Å². The van der Waals surface area contributed by atoms with Crippen LogP contribution in [-0.4, -0.2) is 81.9 Å². The average Bonchev–Trinajstić information content (AvgIpc) is 2.39. The van der Waals surface area contributed by atoms with Gasteiger partial charge in [0.15, 0.2) is 0 Å². The lowest BCUT2D eigenvalue weighted by atomic mass is 10.0. The van der Waals surface area contributed by atoms with E-state index in [9.17, 15) is 8.42 Å². The second-order valence-corrected chi connectivity index (χ2v) is 8.14. The van der Waals surface area contributed by atoms with Gasteiger partial charge in [0.2, 0.25) is 10.0 Å². The molecule has 0 bridgehead atoms. The molecule has 0 aliphatic carbocycles. The molecule has 2 fully saturated rings. The smallest absolute Gasteiger partial charge is 0.216 e. The van der Waals surface area contributed by atoms with Gasteiger partial charge in [0.25, 0.3) is 0 Å². The topological polar surface area (TPSA) is 61.9 Å². The number of nitrogens with one attached hydrogen (secondary N) is 1. The fourth-order valence-electron chi connectivity index (χ4n) is 2.91. The van der Waals surface area contributed by atoms with Crippen molar-refractivity contribution in [2.75, 3.05) is 52.1 Å². The van der Waals surface area contributed by atoms with Crippen LogP contribution in [0.2, 0.25) is 0 Å². The lowest BCUT2D eigenvalue weighted by Crippen LogP contribution is -2.56. The van der Waals surface area contributed by atoms with Crippen LogP contribution < -0.4 is 5.32 Å². The lowest BCUT2D eigenvalue weighted by molar-refractivity contribution is 0.0415. The molecule has 2 rings (SSSR count). The maximum atomic E-state index is 12.5. The van der Waals surface area contributed by atoms with E-state index in [-0.39, 0.29) is 11.9 Å². The van der Waals surface area contributed by atoms with E-state index in [1.807, 2.05) is 0 Å². The van der Waals surface area contributed by atoms with Crippen molar-refractivity contribution < 1.29 is 13.2 Å². The maximum absolute atomic E-state index is 12.5. The third-order valence-corrected chi connectivity index (χ3v) is 6.13. The van der Waals surface area contributed by atoms with Crippen molar-refractivity contribution in [3.8, 4) is 0 Å². The van der Waals surface area contributed by atoms with Gasteiger partial charge in [-0.1, -0.05) is 13.8 Å². The molecule has 0 spiro atoms. The minimum absolute atomic E-state index is 0.0918. The van der Waals surface area contributed by atoms with Crippen molar-refractivity contribution >= 4 is 10.0 Å². The fourth-order valence-corrected chi connectivity index (χ4v) is 4.55. The van der Waals surface area contributed by atoms with Crippen LogP contribution in [-0.2, 0) is 14.8 Å². The van der Waals surface area contributed by atoms with Crippen LogP contribution in [0.25, 0.3) is 0 Å². The zero-order valence-electron chi connectivity index (χ0n) is 12.7. The summed E-state index contributed by atoms with van der Waals surface area (Å²) in [5, 5.41) is 3.18. The highest BCUT2D eigenvalue weighted by atomic mass is 32.2. The van der Waals surface area contributed by atoms with Gasteiger partial charge in [-0.25, -0.2) is 8.42 Å². The van der Waals surface area contributed by atoms with Crippen LogP contribution in [0.1, 0.15) is 13.8 Å². The van der Waals surface area contributed by atoms with Crippen LogP contribution in [0.15, 0.2) is 0 Å². The van der Waals surface area contributed by atoms with E-state index in [2.05, 4.69) is 31.1 Å². The van der Waals surface area contributed by atoms with Crippen LogP contribution in [0.3, 0.4) is 0 Å². The molecule has 1 N–H and O–H groups in total. The molecule has 0 amide bonds. The summed E-state index contributed by atoms with van der Waals surface area (Å²) in [4.78, 5) is 2.26. The molecule has 2 aliphatic heterocycles. The molecule has 0 aromatic heterocycles. The Hall–Kier alpha value is -0.210. The standard InChI is InChI=1S/C13H27N3O3S/c1-11(2)13-9-16(6-5-15(13)3)20(17,18)10-12-8-14-4-7-19-12/h11-14H,4-10H2,1-3H3/t12?,13-/m1/s1. The highest BCUT2D eigenvalue weighted by Gasteiger charge is 2.34. The molecule has 6 nitrogen and oxygen atoms in total. The molecular weight excluding hydrogens is 278 g/mol. The van der Waals surface area contributed by atoms with Gasteiger partial charge < -0.3 is 15.0 Å². The molecule has 2 heterocycles. The van der Waals surface area contributed by atoms with E-state index in [4.69, 9.17) is 4.74 Å². The van der Waals surface area contributed by atoms with Crippen molar-refractivity contribution in [2.45, 2.75) is 26.0 Å². The minimum Gasteiger partial charge on any atom is -0.374 e. The molecule has 118 valence electrons. The second-order valence-electron chi connectivity index (χ2n) is 6.13. The Labute approximate surface area is 122 Å². The number of morpholine rings is 1. The lowest BCUT2D eigenvalue weighted by Gasteiger charge is -2.41. The van der Waals surface area contributed by atoms with Crippen molar-refractivity contribution in [1.29, 1.82) is 0 Å². The molecular formula is C13H27N3O3S. The number of sulfonamides is 1. The predicted octanol–water partition coefficient (Wildman–Crippen LogP) is -0.423. The van der Waals surface area contributed by atoms with Gasteiger partial charge in [0.05, 0.1) is 18.5 Å². The first kappa shape index (κ1) is 16.2. The average molecular weight is 305 g/mol. The van der Waals surface area contributed by atoms with Gasteiger partial charge in [-0.3, -0.25) is 0 Å². The molecule has 7 heteroatoms. The second kappa shape index (κ2) is 6.70. The summed E-state index contributed by atoms with van der Waals surface area (Å²) in [6, 6.07) is 0.295. The third-order valence-electron chi connectivity index (χ3n) is 4.22. The quantitative estimate of drug-likeness (QED) is 0.764. The first-order chi connectivity index (χ1) is 9.40. The van der Waals surface area contributed by atoms with E-state index in [1.54, 1.807) is 4.31 Å². The van der Waals surface area contributed by atoms with Gasteiger partial charge in [-0.15, -0.1) is 0 Å². The van der Waals surface area contributed by atoms with E-state index in [1.165, 1.54) is 0 Å². The number of rotatable bonds is 4. The van der Waals surface area contributed by atoms with Crippen LogP contribution in [0.5, 0.6) is 0 Å². The van der Waals surface area contributed by atoms with Crippen molar-refractivity contribution in [2.24, 2.45) is 5.92 Å². The van der Waals surface area contributed by atoms with Crippen molar-refractivity contribution in [3.05, 3.63) is 0 Å². The van der Waals surface area contributed by atoms with Gasteiger partial charge in [-0.05, 0) is 13.0 Å². The van der Waals surface area contributed by atoms with Crippen LogP contribution >= 0.6 is 0 Å². The van der Waals surface area contributed by atoms with Gasteiger partial charge in [0.1, 0.15) is 0 Å². The molecule has 0 aromatic carbocycles. The van der Waals surface area contributed by atoms with Gasteiger partial charge in [-0.2, -0.15) is 4.31 Å². The Morgan fingerprint density at radius 3 is 2.70 bits per heavy atom. The first-order valence-corrected chi connectivity index (χ1v) is 9.01. The number of hydrogen-bond acceptors (Lipinski definition) is 5. The third kappa shape index (κ3) is 3.92. The molecule has 2 atom stereocenters. The zero-order chi connectivity index (χ0) is 14.8. The van der Waals surface area contributed by atoms with Crippen LogP contribution in [0, 0.1) is 5.92 Å². The summed E-state index contributed by atoms with van der Waals surface area (Å²) in [6.45, 7) is 8.29. The Morgan fingerprint density at radius 2 is 2.10 bits per heavy atom. The van der Waals surface area contributed by atoms with E-state index in [0.717, 1.165) is 13.1 Å². The SMILES string of the molecule is CC(C)[C@H]1CN(S(=O)(=O)CC2CNCCO2)CCN1C. The van der Waals surface area contributed by atoms with Crippen LogP contribution in [0.4, 0.5) is 0 Å². The highest BCUT2D eigenvalue weighted by molar-refractivity contribution is 7.89. The summed E-state index contributed by atoms with van der Waals surface area (Å²) >= 11 is 0. The first-order valence-electron chi connectivity index (χ1n) is 7.40. The monoisotopic (exact) mass is 305 g/mol. The Kier molecular flexibility index (Phi) is 5.42. The molecule has 2 saturated heterocycles. The molecule has 0 radical (unpaired) electrons.